The van der Waals surface area contributed by atoms with Crippen LogP contribution in [0.3, 0.4) is 0 Å². The van der Waals surface area contributed by atoms with Gasteiger partial charge in [-0.1, -0.05) is 43.1 Å². The Hall–Kier alpha value is -0.540. The minimum atomic E-state index is -0.181. The molecule has 1 fully saturated rings. The molecule has 2 N–H and O–H groups in total. The Kier molecular flexibility index (Phi) is 5.14. The third-order valence-electron chi connectivity index (χ3n) is 4.72. The molecule has 0 heterocycles. The predicted molar refractivity (Wildman–Crippen MR) is 88.9 cm³/mol. The summed E-state index contributed by atoms with van der Waals surface area (Å²) in [5.41, 5.74) is 0.918. The van der Waals surface area contributed by atoms with Gasteiger partial charge in [-0.05, 0) is 54.9 Å². The second kappa shape index (κ2) is 6.48. The normalized spacial score (nSPS) is 30.5. The summed E-state index contributed by atoms with van der Waals surface area (Å²) in [6.07, 6.45) is 3.51. The lowest BCUT2D eigenvalue weighted by Gasteiger charge is -2.48. The maximum Gasteiger partial charge on any atom is 0.0664 e. The standard InChI is InChI=1S/C17H26BrNO/c1-12(2)16-9-4-13(3)10-17(16,11-20)19-15-7-5-14(18)6-8-15/h5-8,12-13,16,19-20H,4,9-11H2,1-3H3. The number of hydrogen-bond acceptors (Lipinski definition) is 2. The summed E-state index contributed by atoms with van der Waals surface area (Å²) in [6, 6.07) is 8.25. The van der Waals surface area contributed by atoms with Crippen LogP contribution in [0.1, 0.15) is 40.0 Å². The molecule has 112 valence electrons. The minimum absolute atomic E-state index is 0.181. The smallest absolute Gasteiger partial charge is 0.0664 e. The van der Waals surface area contributed by atoms with Crippen LogP contribution in [0, 0.1) is 17.8 Å². The van der Waals surface area contributed by atoms with Gasteiger partial charge in [0.2, 0.25) is 0 Å². The van der Waals surface area contributed by atoms with Crippen molar-refractivity contribution in [2.75, 3.05) is 11.9 Å². The highest BCUT2D eigenvalue weighted by Gasteiger charge is 2.43. The number of hydrogen-bond donors (Lipinski definition) is 2. The largest absolute Gasteiger partial charge is 0.394 e. The quantitative estimate of drug-likeness (QED) is 0.834. The molecule has 0 saturated heterocycles. The fourth-order valence-electron chi connectivity index (χ4n) is 3.77. The van der Waals surface area contributed by atoms with Crippen molar-refractivity contribution in [3.8, 4) is 0 Å². The van der Waals surface area contributed by atoms with Gasteiger partial charge in [-0.25, -0.2) is 0 Å². The fourth-order valence-corrected chi connectivity index (χ4v) is 4.04. The summed E-state index contributed by atoms with van der Waals surface area (Å²) in [5.74, 6) is 1.77. The number of benzene rings is 1. The summed E-state index contributed by atoms with van der Waals surface area (Å²) in [5, 5.41) is 13.8. The molecule has 1 aromatic carbocycles. The number of nitrogens with one attached hydrogen (secondary N) is 1. The van der Waals surface area contributed by atoms with Gasteiger partial charge in [0.05, 0.1) is 12.1 Å². The first kappa shape index (κ1) is 15.8. The number of anilines is 1. The van der Waals surface area contributed by atoms with Gasteiger partial charge in [-0.15, -0.1) is 0 Å². The molecule has 0 aromatic heterocycles. The Morgan fingerprint density at radius 2 is 1.95 bits per heavy atom. The SMILES string of the molecule is CC1CCC(C(C)C)C(CO)(Nc2ccc(Br)cc2)C1. The molecule has 1 aliphatic carbocycles. The highest BCUT2D eigenvalue weighted by molar-refractivity contribution is 9.10. The molecule has 1 saturated carbocycles. The van der Waals surface area contributed by atoms with Gasteiger partial charge in [0.15, 0.2) is 0 Å². The summed E-state index contributed by atoms with van der Waals surface area (Å²) in [4.78, 5) is 0. The molecular weight excluding hydrogens is 314 g/mol. The third kappa shape index (κ3) is 3.37. The highest BCUT2D eigenvalue weighted by Crippen LogP contribution is 2.42. The van der Waals surface area contributed by atoms with Gasteiger partial charge in [-0.3, -0.25) is 0 Å². The molecule has 3 unspecified atom stereocenters. The van der Waals surface area contributed by atoms with Crippen molar-refractivity contribution in [1.82, 2.24) is 0 Å². The second-order valence-electron chi connectivity index (χ2n) is 6.68. The Balaban J connectivity index is 2.26. The molecule has 0 radical (unpaired) electrons. The van der Waals surface area contributed by atoms with Crippen molar-refractivity contribution in [1.29, 1.82) is 0 Å². The Bertz CT molecular complexity index is 431. The van der Waals surface area contributed by atoms with E-state index in [9.17, 15) is 5.11 Å². The van der Waals surface area contributed by atoms with E-state index in [1.165, 1.54) is 12.8 Å². The van der Waals surface area contributed by atoms with E-state index in [-0.39, 0.29) is 12.1 Å². The first-order valence-corrected chi connectivity index (χ1v) is 8.41. The van der Waals surface area contributed by atoms with Gasteiger partial charge in [0.25, 0.3) is 0 Å². The molecule has 0 amide bonds. The average molecular weight is 340 g/mol. The van der Waals surface area contributed by atoms with Crippen molar-refractivity contribution >= 4 is 21.6 Å². The van der Waals surface area contributed by atoms with Crippen LogP contribution < -0.4 is 5.32 Å². The number of aliphatic hydroxyl groups excluding tert-OH is 1. The van der Waals surface area contributed by atoms with E-state index in [0.29, 0.717) is 17.8 Å². The van der Waals surface area contributed by atoms with Gasteiger partial charge >= 0.3 is 0 Å². The second-order valence-corrected chi connectivity index (χ2v) is 7.60. The van der Waals surface area contributed by atoms with Crippen LogP contribution in [0.15, 0.2) is 28.7 Å². The van der Waals surface area contributed by atoms with Crippen molar-refractivity contribution in [3.05, 3.63) is 28.7 Å². The van der Waals surface area contributed by atoms with Crippen molar-refractivity contribution in [2.24, 2.45) is 17.8 Å². The van der Waals surface area contributed by atoms with Gasteiger partial charge in [0.1, 0.15) is 0 Å². The lowest BCUT2D eigenvalue weighted by molar-refractivity contribution is 0.0685. The summed E-state index contributed by atoms with van der Waals surface area (Å²) >= 11 is 3.47. The maximum atomic E-state index is 10.1. The van der Waals surface area contributed by atoms with Crippen LogP contribution >= 0.6 is 15.9 Å². The van der Waals surface area contributed by atoms with E-state index in [1.807, 2.05) is 12.1 Å². The molecule has 2 nitrogen and oxygen atoms in total. The molecule has 0 aliphatic heterocycles. The lowest BCUT2D eigenvalue weighted by atomic mass is 9.65. The lowest BCUT2D eigenvalue weighted by Crippen LogP contribution is -2.54. The van der Waals surface area contributed by atoms with Crippen LogP contribution in [0.2, 0.25) is 0 Å². The van der Waals surface area contributed by atoms with E-state index in [0.717, 1.165) is 16.6 Å². The monoisotopic (exact) mass is 339 g/mol. The number of rotatable bonds is 4. The van der Waals surface area contributed by atoms with Gasteiger partial charge in [0, 0.05) is 10.2 Å². The maximum absolute atomic E-state index is 10.1. The van der Waals surface area contributed by atoms with Crippen LogP contribution in [-0.4, -0.2) is 17.3 Å². The zero-order valence-electron chi connectivity index (χ0n) is 12.7. The molecule has 0 bridgehead atoms. The first-order valence-electron chi connectivity index (χ1n) is 7.61. The molecular formula is C17H26BrNO. The van der Waals surface area contributed by atoms with E-state index in [4.69, 9.17) is 0 Å². The van der Waals surface area contributed by atoms with Crippen LogP contribution in [-0.2, 0) is 0 Å². The average Bonchev–Trinajstić information content (AvgIpc) is 2.41. The van der Waals surface area contributed by atoms with E-state index >= 15 is 0 Å². The molecule has 1 aromatic rings. The van der Waals surface area contributed by atoms with Crippen LogP contribution in [0.4, 0.5) is 5.69 Å². The van der Waals surface area contributed by atoms with E-state index < -0.39 is 0 Å². The fraction of sp³-hybridized carbons (Fsp3) is 0.647. The van der Waals surface area contributed by atoms with Crippen LogP contribution in [0.25, 0.3) is 0 Å². The predicted octanol–water partition coefficient (Wildman–Crippen LogP) is 4.68. The summed E-state index contributed by atoms with van der Waals surface area (Å²) < 4.78 is 1.08. The summed E-state index contributed by atoms with van der Waals surface area (Å²) in [6.45, 7) is 7.04. The van der Waals surface area contributed by atoms with Gasteiger partial charge < -0.3 is 10.4 Å². The third-order valence-corrected chi connectivity index (χ3v) is 5.25. The Morgan fingerprint density at radius 1 is 1.30 bits per heavy atom. The van der Waals surface area contributed by atoms with Crippen molar-refractivity contribution in [3.63, 3.8) is 0 Å². The van der Waals surface area contributed by atoms with E-state index in [1.54, 1.807) is 0 Å². The molecule has 3 heteroatoms. The van der Waals surface area contributed by atoms with Crippen molar-refractivity contribution in [2.45, 2.75) is 45.6 Å². The molecule has 20 heavy (non-hydrogen) atoms. The molecule has 0 spiro atoms. The Labute approximate surface area is 131 Å². The first-order chi connectivity index (χ1) is 9.47. The number of halogens is 1. The highest BCUT2D eigenvalue weighted by atomic mass is 79.9. The number of aliphatic hydroxyl groups is 1. The minimum Gasteiger partial charge on any atom is -0.394 e. The van der Waals surface area contributed by atoms with Gasteiger partial charge in [-0.2, -0.15) is 0 Å². The zero-order chi connectivity index (χ0) is 14.8. The molecule has 1 aliphatic rings. The topological polar surface area (TPSA) is 32.3 Å². The Morgan fingerprint density at radius 3 is 2.50 bits per heavy atom. The van der Waals surface area contributed by atoms with Crippen LogP contribution in [0.5, 0.6) is 0 Å². The molecule has 2 rings (SSSR count). The molecule has 3 atom stereocenters. The summed E-state index contributed by atoms with van der Waals surface area (Å²) in [7, 11) is 0. The van der Waals surface area contributed by atoms with Crippen molar-refractivity contribution < 1.29 is 5.11 Å². The zero-order valence-corrected chi connectivity index (χ0v) is 14.3. The van der Waals surface area contributed by atoms with E-state index in [2.05, 4.69) is 54.2 Å².